The minimum absolute atomic E-state index is 1.35. The molecule has 6 aromatic rings. The fourth-order valence-electron chi connectivity index (χ4n) is 5.78. The Morgan fingerprint density at radius 1 is 0.750 bits per heavy atom. The molecule has 0 N–H and O–H groups in total. The van der Waals surface area contributed by atoms with Gasteiger partial charge in [0, 0.05) is 16.8 Å². The number of pyridine rings is 2. The van der Waals surface area contributed by atoms with E-state index in [1.54, 1.807) is 0 Å². The molecule has 0 radical (unpaired) electrons. The molecular weight excluding hydrogens is 404 g/mol. The Bertz CT molecular complexity index is 1750. The summed E-state index contributed by atoms with van der Waals surface area (Å²) in [4.78, 5) is 0. The van der Waals surface area contributed by atoms with Gasteiger partial charge in [0.25, 0.3) is 0 Å². The standard InChI is InChI=1S/C29H31N2Si/c1-16-9-10-17(2)27-24(16)22-13-18(3)19(4)25-28(22)31(27)23-15-21(32(6,7)8)14-20-11-12-30(5)29(25)26(20)23/h9-15H,1-8H3/q+1. The van der Waals surface area contributed by atoms with Gasteiger partial charge in [-0.15, -0.1) is 0 Å². The van der Waals surface area contributed by atoms with Crippen molar-refractivity contribution in [3.8, 4) is 0 Å². The number of fused-ring (bicyclic) bond motifs is 5. The molecule has 0 unspecified atom stereocenters. The topological polar surface area (TPSA) is 8.29 Å². The number of benzene rings is 3. The summed E-state index contributed by atoms with van der Waals surface area (Å²) >= 11 is 0. The highest BCUT2D eigenvalue weighted by molar-refractivity contribution is 6.89. The maximum atomic E-state index is 2.60. The van der Waals surface area contributed by atoms with Crippen molar-refractivity contribution in [1.29, 1.82) is 0 Å². The van der Waals surface area contributed by atoms with Crippen molar-refractivity contribution in [2.24, 2.45) is 7.05 Å². The third kappa shape index (κ3) is 2.32. The highest BCUT2D eigenvalue weighted by Gasteiger charge is 2.27. The van der Waals surface area contributed by atoms with Gasteiger partial charge in [-0.25, -0.2) is 4.57 Å². The fraction of sp³-hybridized carbons (Fsp3) is 0.276. The number of aromatic nitrogens is 2. The van der Waals surface area contributed by atoms with Crippen LogP contribution in [0, 0.1) is 27.7 Å². The molecule has 0 amide bonds. The molecule has 0 aliphatic heterocycles. The predicted octanol–water partition coefficient (Wildman–Crippen LogP) is 6.59. The molecule has 3 aromatic carbocycles. The molecule has 3 aromatic heterocycles. The van der Waals surface area contributed by atoms with E-state index in [-0.39, 0.29) is 0 Å². The van der Waals surface area contributed by atoms with E-state index in [2.05, 4.69) is 106 Å². The fourth-order valence-corrected chi connectivity index (χ4v) is 6.94. The first-order valence-corrected chi connectivity index (χ1v) is 15.1. The highest BCUT2D eigenvalue weighted by Crippen LogP contribution is 2.43. The summed E-state index contributed by atoms with van der Waals surface area (Å²) in [5.41, 5.74) is 10.9. The van der Waals surface area contributed by atoms with Crippen LogP contribution in [0.1, 0.15) is 22.3 Å². The van der Waals surface area contributed by atoms with E-state index in [9.17, 15) is 0 Å². The molecule has 0 fully saturated rings. The van der Waals surface area contributed by atoms with Crippen molar-refractivity contribution >= 4 is 62.3 Å². The summed E-state index contributed by atoms with van der Waals surface area (Å²) < 4.78 is 4.94. The predicted molar refractivity (Wildman–Crippen MR) is 142 cm³/mol. The summed E-state index contributed by atoms with van der Waals surface area (Å²) in [5.74, 6) is 0. The van der Waals surface area contributed by atoms with Crippen molar-refractivity contribution in [3.63, 3.8) is 0 Å². The van der Waals surface area contributed by atoms with Crippen molar-refractivity contribution in [2.45, 2.75) is 47.3 Å². The molecule has 160 valence electrons. The Labute approximate surface area is 190 Å². The molecule has 3 heteroatoms. The van der Waals surface area contributed by atoms with E-state index in [1.807, 2.05) is 0 Å². The molecule has 0 bridgehead atoms. The van der Waals surface area contributed by atoms with Crippen LogP contribution in [0.25, 0.3) is 49.0 Å². The molecule has 0 atom stereocenters. The van der Waals surface area contributed by atoms with Crippen molar-refractivity contribution in [3.05, 3.63) is 64.8 Å². The van der Waals surface area contributed by atoms with E-state index in [0.29, 0.717) is 0 Å². The number of aryl methyl sites for hydroxylation is 5. The second kappa shape index (κ2) is 6.11. The Balaban J connectivity index is 2.12. The average molecular weight is 436 g/mol. The Hall–Kier alpha value is -2.91. The monoisotopic (exact) mass is 435 g/mol. The summed E-state index contributed by atoms with van der Waals surface area (Å²) in [6.07, 6.45) is 2.25. The summed E-state index contributed by atoms with van der Waals surface area (Å²) in [7, 11) is 0.710. The van der Waals surface area contributed by atoms with Crippen LogP contribution in [0.5, 0.6) is 0 Å². The van der Waals surface area contributed by atoms with Gasteiger partial charge in [0.05, 0.1) is 35.4 Å². The van der Waals surface area contributed by atoms with Crippen molar-refractivity contribution in [2.75, 3.05) is 0 Å². The van der Waals surface area contributed by atoms with Gasteiger partial charge in [-0.05, 0) is 67.5 Å². The molecular formula is C29H31N2Si+. The Morgan fingerprint density at radius 2 is 1.47 bits per heavy atom. The molecule has 0 aliphatic carbocycles. The molecule has 0 saturated heterocycles. The van der Waals surface area contributed by atoms with E-state index >= 15 is 0 Å². The van der Waals surface area contributed by atoms with Crippen LogP contribution in [0.2, 0.25) is 19.6 Å². The van der Waals surface area contributed by atoms with Gasteiger partial charge in [-0.2, -0.15) is 0 Å². The molecule has 6 rings (SSSR count). The second-order valence-corrected chi connectivity index (χ2v) is 15.9. The van der Waals surface area contributed by atoms with Crippen LogP contribution < -0.4 is 9.75 Å². The van der Waals surface area contributed by atoms with Crippen LogP contribution in [0.3, 0.4) is 0 Å². The minimum Gasteiger partial charge on any atom is -0.307 e. The number of hydrogen-bond acceptors (Lipinski definition) is 0. The van der Waals surface area contributed by atoms with E-state index < -0.39 is 8.07 Å². The van der Waals surface area contributed by atoms with Gasteiger partial charge in [-0.3, -0.25) is 0 Å². The summed E-state index contributed by atoms with van der Waals surface area (Å²) in [5, 5.41) is 8.47. The maximum absolute atomic E-state index is 2.60. The van der Waals surface area contributed by atoms with E-state index in [0.717, 1.165) is 0 Å². The van der Waals surface area contributed by atoms with Gasteiger partial charge in [0.15, 0.2) is 6.20 Å². The van der Waals surface area contributed by atoms with Gasteiger partial charge < -0.3 is 4.40 Å². The van der Waals surface area contributed by atoms with Gasteiger partial charge >= 0.3 is 0 Å². The highest BCUT2D eigenvalue weighted by atomic mass is 28.3. The molecule has 0 aliphatic rings. The lowest BCUT2D eigenvalue weighted by Gasteiger charge is -2.20. The average Bonchev–Trinajstić information content (AvgIpc) is 3.07. The number of hydrogen-bond donors (Lipinski definition) is 0. The lowest BCUT2D eigenvalue weighted by atomic mass is 9.96. The SMILES string of the molecule is Cc1cc2c3c(C)ccc(C)c3n3c4cc([Si](C)(C)C)cc5cc[n+](C)c(c(c1C)c23)c54. The summed E-state index contributed by atoms with van der Waals surface area (Å²) in [6.45, 7) is 16.5. The minimum atomic E-state index is -1.49. The molecule has 3 heterocycles. The zero-order valence-electron chi connectivity index (χ0n) is 20.4. The van der Waals surface area contributed by atoms with Crippen LogP contribution in [0.4, 0.5) is 0 Å². The maximum Gasteiger partial charge on any atom is 0.224 e. The lowest BCUT2D eigenvalue weighted by molar-refractivity contribution is -0.643. The quantitative estimate of drug-likeness (QED) is 0.119. The lowest BCUT2D eigenvalue weighted by Crippen LogP contribution is -2.38. The second-order valence-electron chi connectivity index (χ2n) is 10.8. The van der Waals surface area contributed by atoms with Gasteiger partial charge in [-0.1, -0.05) is 43.0 Å². The molecule has 0 saturated carbocycles. The van der Waals surface area contributed by atoms with Crippen LogP contribution in [-0.4, -0.2) is 12.5 Å². The van der Waals surface area contributed by atoms with Crippen LogP contribution in [0.15, 0.2) is 42.6 Å². The number of rotatable bonds is 1. The zero-order chi connectivity index (χ0) is 22.7. The summed E-state index contributed by atoms with van der Waals surface area (Å²) in [6, 6.07) is 14.3. The third-order valence-corrected chi connectivity index (χ3v) is 9.70. The van der Waals surface area contributed by atoms with E-state index in [1.165, 1.54) is 76.4 Å². The number of nitrogens with zero attached hydrogens (tertiary/aromatic N) is 2. The van der Waals surface area contributed by atoms with Crippen molar-refractivity contribution < 1.29 is 4.57 Å². The van der Waals surface area contributed by atoms with Gasteiger partial charge in [0.2, 0.25) is 5.52 Å². The Kier molecular flexibility index (Phi) is 3.77. The first-order chi connectivity index (χ1) is 15.1. The third-order valence-electron chi connectivity index (χ3n) is 7.68. The molecule has 0 spiro atoms. The smallest absolute Gasteiger partial charge is 0.224 e. The van der Waals surface area contributed by atoms with Crippen molar-refractivity contribution in [1.82, 2.24) is 4.40 Å². The first kappa shape index (κ1) is 19.7. The Morgan fingerprint density at radius 3 is 2.19 bits per heavy atom. The normalized spacial score (nSPS) is 13.0. The first-order valence-electron chi connectivity index (χ1n) is 11.6. The van der Waals surface area contributed by atoms with Gasteiger partial charge in [0.1, 0.15) is 7.05 Å². The van der Waals surface area contributed by atoms with Crippen LogP contribution >= 0.6 is 0 Å². The van der Waals surface area contributed by atoms with Crippen LogP contribution in [-0.2, 0) is 7.05 Å². The van der Waals surface area contributed by atoms with E-state index in [4.69, 9.17) is 0 Å². The molecule has 32 heavy (non-hydrogen) atoms. The largest absolute Gasteiger partial charge is 0.307 e. The zero-order valence-corrected chi connectivity index (χ0v) is 21.4. The molecule has 2 nitrogen and oxygen atoms in total.